The fourth-order valence-corrected chi connectivity index (χ4v) is 5.64. The number of anilines is 1. The van der Waals surface area contributed by atoms with E-state index in [9.17, 15) is 18.0 Å². The van der Waals surface area contributed by atoms with Gasteiger partial charge in [-0.05, 0) is 67.4 Å². The molecule has 0 fully saturated rings. The highest BCUT2D eigenvalue weighted by Gasteiger charge is 2.32. The van der Waals surface area contributed by atoms with Crippen LogP contribution >= 0.6 is 34.8 Å². The Morgan fingerprint density at radius 3 is 2.19 bits per heavy atom. The minimum absolute atomic E-state index is 0.00686. The third kappa shape index (κ3) is 6.76. The van der Waals surface area contributed by atoms with Crippen molar-refractivity contribution in [1.82, 2.24) is 10.2 Å². The maximum atomic E-state index is 13.8. The predicted octanol–water partition coefficient (Wildman–Crippen LogP) is 5.31. The van der Waals surface area contributed by atoms with E-state index < -0.39 is 34.4 Å². The number of nitrogens with one attached hydrogen (secondary N) is 1. The summed E-state index contributed by atoms with van der Waals surface area (Å²) < 4.78 is 28.6. The number of carbonyl (C=O) groups is 2. The van der Waals surface area contributed by atoms with E-state index in [1.54, 1.807) is 56.3 Å². The van der Waals surface area contributed by atoms with Crippen LogP contribution in [-0.4, -0.2) is 44.8 Å². The van der Waals surface area contributed by atoms with Crippen molar-refractivity contribution in [3.63, 3.8) is 0 Å². The van der Waals surface area contributed by atoms with Gasteiger partial charge in [0, 0.05) is 18.6 Å². The molecule has 1 unspecified atom stereocenters. The number of aryl methyl sites for hydroxylation is 1. The summed E-state index contributed by atoms with van der Waals surface area (Å²) >= 11 is 18.1. The summed E-state index contributed by atoms with van der Waals surface area (Å²) in [6.07, 6.45) is 0. The Hall–Kier alpha value is -2.78. The van der Waals surface area contributed by atoms with Crippen LogP contribution in [0.5, 0.6) is 0 Å². The van der Waals surface area contributed by atoms with Crippen LogP contribution in [0.2, 0.25) is 15.1 Å². The summed E-state index contributed by atoms with van der Waals surface area (Å²) in [5, 5.41) is 3.56. The van der Waals surface area contributed by atoms with E-state index in [-0.39, 0.29) is 11.4 Å². The molecule has 0 aromatic heterocycles. The lowest BCUT2D eigenvalue weighted by Gasteiger charge is -2.32. The smallest absolute Gasteiger partial charge is 0.264 e. The number of likely N-dealkylation sites (N-methyl/N-ethyl adjacent to an activating group) is 1. The number of nitrogens with zero attached hydrogens (tertiary/aromatic N) is 2. The second-order valence-electron chi connectivity index (χ2n) is 8.31. The minimum Gasteiger partial charge on any atom is -0.357 e. The van der Waals surface area contributed by atoms with E-state index in [4.69, 9.17) is 34.8 Å². The van der Waals surface area contributed by atoms with Crippen molar-refractivity contribution in [2.24, 2.45) is 0 Å². The van der Waals surface area contributed by atoms with Gasteiger partial charge in [0.25, 0.3) is 10.0 Å². The molecule has 2 amide bonds. The molecule has 0 aliphatic carbocycles. The largest absolute Gasteiger partial charge is 0.357 e. The van der Waals surface area contributed by atoms with Crippen molar-refractivity contribution in [2.75, 3.05) is 17.9 Å². The molecule has 0 aliphatic rings. The summed E-state index contributed by atoms with van der Waals surface area (Å²) in [7, 11) is -2.71. The van der Waals surface area contributed by atoms with Gasteiger partial charge in [-0.1, -0.05) is 59.1 Å². The van der Waals surface area contributed by atoms with E-state index >= 15 is 0 Å². The van der Waals surface area contributed by atoms with Gasteiger partial charge < -0.3 is 10.2 Å². The molecule has 3 aromatic rings. The summed E-state index contributed by atoms with van der Waals surface area (Å²) in [4.78, 5) is 27.6. The Balaban J connectivity index is 2.05. The lowest BCUT2D eigenvalue weighted by Crippen LogP contribution is -2.50. The Bertz CT molecular complexity index is 1400. The topological polar surface area (TPSA) is 86.8 Å². The second kappa shape index (κ2) is 12.2. The van der Waals surface area contributed by atoms with Gasteiger partial charge in [-0.2, -0.15) is 0 Å². The van der Waals surface area contributed by atoms with Crippen LogP contribution < -0.4 is 9.62 Å². The minimum atomic E-state index is -4.17. The van der Waals surface area contributed by atoms with Gasteiger partial charge in [0.15, 0.2) is 0 Å². The molecular weight excluding hydrogens is 557 g/mol. The molecule has 196 valence electrons. The summed E-state index contributed by atoms with van der Waals surface area (Å²) in [6.45, 7) is 2.79. The van der Waals surface area contributed by atoms with Crippen LogP contribution in [0.25, 0.3) is 0 Å². The normalized spacial score (nSPS) is 12.1. The van der Waals surface area contributed by atoms with Crippen LogP contribution in [0.15, 0.2) is 71.6 Å². The molecule has 11 heteroatoms. The summed E-state index contributed by atoms with van der Waals surface area (Å²) in [5.74, 6) is -0.987. The van der Waals surface area contributed by atoms with E-state index in [0.29, 0.717) is 31.9 Å². The molecule has 0 aliphatic heterocycles. The fraction of sp³-hybridized carbons (Fsp3) is 0.231. The standard InChI is InChI=1S/C26H26Cl3N3O4S/c1-17-6-4-5-7-24(17)32(37(35,36)21-11-9-20(27)10-12-21)16-25(33)31(18(2)26(34)30-3)15-19-8-13-22(28)23(29)14-19/h4-14,18H,15-16H2,1-3H3,(H,30,34). The van der Waals surface area contributed by atoms with Crippen LogP contribution in [0, 0.1) is 6.92 Å². The molecule has 0 saturated heterocycles. The Kier molecular flexibility index (Phi) is 9.47. The van der Waals surface area contributed by atoms with Crippen molar-refractivity contribution in [2.45, 2.75) is 31.3 Å². The lowest BCUT2D eigenvalue weighted by molar-refractivity contribution is -0.139. The van der Waals surface area contributed by atoms with Gasteiger partial charge in [0.2, 0.25) is 11.8 Å². The summed E-state index contributed by atoms with van der Waals surface area (Å²) in [6, 6.07) is 16.5. The first kappa shape index (κ1) is 28.8. The zero-order valence-corrected chi connectivity index (χ0v) is 23.5. The SMILES string of the molecule is CNC(=O)C(C)N(Cc1ccc(Cl)c(Cl)c1)C(=O)CN(c1ccccc1C)S(=O)(=O)c1ccc(Cl)cc1. The van der Waals surface area contributed by atoms with Crippen molar-refractivity contribution < 1.29 is 18.0 Å². The molecule has 0 spiro atoms. The van der Waals surface area contributed by atoms with Crippen LogP contribution in [0.4, 0.5) is 5.69 Å². The van der Waals surface area contributed by atoms with Crippen LogP contribution in [0.3, 0.4) is 0 Å². The van der Waals surface area contributed by atoms with Gasteiger partial charge in [0.1, 0.15) is 12.6 Å². The van der Waals surface area contributed by atoms with E-state index in [2.05, 4.69) is 5.32 Å². The molecule has 1 atom stereocenters. The Labute approximate surface area is 232 Å². The monoisotopic (exact) mass is 581 g/mol. The first-order chi connectivity index (χ1) is 17.4. The number of amides is 2. The van der Waals surface area contributed by atoms with E-state index in [0.717, 1.165) is 4.31 Å². The molecule has 0 heterocycles. The molecule has 0 radical (unpaired) electrons. The number of benzene rings is 3. The third-order valence-corrected chi connectivity index (χ3v) is 8.58. The first-order valence-corrected chi connectivity index (χ1v) is 13.8. The zero-order chi connectivity index (χ0) is 27.3. The summed E-state index contributed by atoms with van der Waals surface area (Å²) in [5.41, 5.74) is 1.62. The van der Waals surface area contributed by atoms with Gasteiger partial charge in [-0.15, -0.1) is 0 Å². The molecular formula is C26H26Cl3N3O4S. The van der Waals surface area contributed by atoms with E-state index in [1.165, 1.54) is 36.2 Å². The number of rotatable bonds is 9. The molecule has 0 bridgehead atoms. The Morgan fingerprint density at radius 2 is 1.59 bits per heavy atom. The molecule has 0 saturated carbocycles. The quantitative estimate of drug-likeness (QED) is 0.370. The molecule has 7 nitrogen and oxygen atoms in total. The van der Waals surface area contributed by atoms with Crippen LogP contribution in [0.1, 0.15) is 18.1 Å². The van der Waals surface area contributed by atoms with Gasteiger partial charge in [-0.3, -0.25) is 13.9 Å². The number of hydrogen-bond acceptors (Lipinski definition) is 4. The predicted molar refractivity (Wildman–Crippen MR) is 148 cm³/mol. The van der Waals surface area contributed by atoms with Crippen LogP contribution in [-0.2, 0) is 26.2 Å². The van der Waals surface area contributed by atoms with Crippen molar-refractivity contribution in [3.8, 4) is 0 Å². The number of carbonyl (C=O) groups excluding carboxylic acids is 2. The average Bonchev–Trinajstić information content (AvgIpc) is 2.87. The first-order valence-electron chi connectivity index (χ1n) is 11.2. The van der Waals surface area contributed by atoms with Crippen molar-refractivity contribution >= 4 is 62.3 Å². The second-order valence-corrected chi connectivity index (χ2v) is 11.4. The molecule has 37 heavy (non-hydrogen) atoms. The molecule has 3 aromatic carbocycles. The highest BCUT2D eigenvalue weighted by molar-refractivity contribution is 7.92. The van der Waals surface area contributed by atoms with Crippen molar-refractivity contribution in [1.29, 1.82) is 0 Å². The maximum Gasteiger partial charge on any atom is 0.264 e. The highest BCUT2D eigenvalue weighted by Crippen LogP contribution is 2.28. The number of hydrogen-bond donors (Lipinski definition) is 1. The third-order valence-electron chi connectivity index (χ3n) is 5.82. The van der Waals surface area contributed by atoms with Gasteiger partial charge in [-0.25, -0.2) is 8.42 Å². The van der Waals surface area contributed by atoms with Gasteiger partial charge >= 0.3 is 0 Å². The highest BCUT2D eigenvalue weighted by atomic mass is 35.5. The fourth-order valence-electron chi connectivity index (χ4n) is 3.72. The number of halogens is 3. The van der Waals surface area contributed by atoms with E-state index in [1.807, 2.05) is 0 Å². The number of sulfonamides is 1. The average molecular weight is 583 g/mol. The lowest BCUT2D eigenvalue weighted by atomic mass is 10.1. The van der Waals surface area contributed by atoms with Gasteiger partial charge in [0.05, 0.1) is 20.6 Å². The maximum absolute atomic E-state index is 13.8. The molecule has 1 N–H and O–H groups in total. The zero-order valence-electron chi connectivity index (χ0n) is 20.4. The molecule has 3 rings (SSSR count). The number of para-hydroxylation sites is 1. The van der Waals surface area contributed by atoms with Crippen molar-refractivity contribution in [3.05, 3.63) is 92.9 Å². The Morgan fingerprint density at radius 1 is 0.946 bits per heavy atom.